The zero-order valence-electron chi connectivity index (χ0n) is 10.8. The Hall–Kier alpha value is -0.670. The van der Waals surface area contributed by atoms with Gasteiger partial charge in [-0.05, 0) is 45.1 Å². The summed E-state index contributed by atoms with van der Waals surface area (Å²) < 4.78 is 40.3. The molecule has 0 bridgehead atoms. The zero-order chi connectivity index (χ0) is 15.8. The van der Waals surface area contributed by atoms with Crippen LogP contribution in [0.5, 0.6) is 0 Å². The first-order valence-electron chi connectivity index (χ1n) is 5.65. The highest BCUT2D eigenvalue weighted by atomic mass is 79.9. The van der Waals surface area contributed by atoms with E-state index in [1.807, 2.05) is 11.4 Å². The molecule has 0 saturated carbocycles. The van der Waals surface area contributed by atoms with Crippen molar-refractivity contribution in [2.45, 2.75) is 11.4 Å². The summed E-state index contributed by atoms with van der Waals surface area (Å²) in [6, 6.07) is 3.77. The van der Waals surface area contributed by atoms with E-state index in [1.165, 1.54) is 18.4 Å². The van der Waals surface area contributed by atoms with Crippen LogP contribution in [0.25, 0.3) is 0 Å². The first-order chi connectivity index (χ1) is 9.71. The van der Waals surface area contributed by atoms with Gasteiger partial charge in [-0.3, -0.25) is 0 Å². The molecule has 2 aromatic rings. The molecule has 4 nitrogen and oxygen atoms in total. The molecule has 0 saturated heterocycles. The largest absolute Gasteiger partial charge is 0.396 e. The molecular formula is C12H11BrClFN2O2S2. The van der Waals surface area contributed by atoms with E-state index in [1.54, 1.807) is 0 Å². The molecule has 21 heavy (non-hydrogen) atoms. The topological polar surface area (TPSA) is 63.4 Å². The molecule has 0 atom stereocenters. The van der Waals surface area contributed by atoms with Crippen molar-refractivity contribution in [3.05, 3.63) is 43.8 Å². The van der Waals surface area contributed by atoms with Crippen LogP contribution >= 0.6 is 38.9 Å². The van der Waals surface area contributed by atoms with Gasteiger partial charge >= 0.3 is 0 Å². The van der Waals surface area contributed by atoms with Crippen LogP contribution in [0.15, 0.2) is 32.3 Å². The fourth-order valence-corrected chi connectivity index (χ4v) is 4.56. The van der Waals surface area contributed by atoms with E-state index in [9.17, 15) is 12.8 Å². The van der Waals surface area contributed by atoms with E-state index >= 15 is 0 Å². The molecule has 9 heteroatoms. The minimum absolute atomic E-state index is 0.179. The minimum atomic E-state index is -3.85. The third-order valence-corrected chi connectivity index (χ3v) is 6.59. The molecule has 0 aliphatic rings. The predicted molar refractivity (Wildman–Crippen MR) is 86.5 cm³/mol. The molecule has 0 amide bonds. The van der Waals surface area contributed by atoms with E-state index in [-0.39, 0.29) is 22.2 Å². The highest BCUT2D eigenvalue weighted by Crippen LogP contribution is 2.29. The highest BCUT2D eigenvalue weighted by molar-refractivity contribution is 9.11. The van der Waals surface area contributed by atoms with Crippen molar-refractivity contribution in [3.8, 4) is 0 Å². The Morgan fingerprint density at radius 1 is 1.43 bits per heavy atom. The second-order valence-electron chi connectivity index (χ2n) is 4.32. The van der Waals surface area contributed by atoms with Crippen molar-refractivity contribution in [2.24, 2.45) is 0 Å². The van der Waals surface area contributed by atoms with Crippen molar-refractivity contribution < 1.29 is 12.8 Å². The van der Waals surface area contributed by atoms with Gasteiger partial charge in [-0.2, -0.15) is 4.31 Å². The third-order valence-electron chi connectivity index (χ3n) is 2.77. The molecule has 0 aliphatic heterocycles. The smallest absolute Gasteiger partial charge is 0.244 e. The van der Waals surface area contributed by atoms with Crippen LogP contribution in [0.4, 0.5) is 10.1 Å². The average molecular weight is 414 g/mol. The minimum Gasteiger partial charge on any atom is -0.396 e. The Morgan fingerprint density at radius 3 is 2.67 bits per heavy atom. The maximum Gasteiger partial charge on any atom is 0.244 e. The summed E-state index contributed by atoms with van der Waals surface area (Å²) >= 11 is 10.6. The molecule has 1 aromatic heterocycles. The number of nitrogen functional groups attached to an aromatic ring is 1. The number of nitrogens with two attached hydrogens (primary N) is 1. The van der Waals surface area contributed by atoms with E-state index in [2.05, 4.69) is 15.9 Å². The molecule has 0 fully saturated rings. The molecule has 0 radical (unpaired) electrons. The quantitative estimate of drug-likeness (QED) is 0.777. The Kier molecular flexibility index (Phi) is 4.94. The fraction of sp³-hybridized carbons (Fsp3) is 0.167. The van der Waals surface area contributed by atoms with Crippen molar-refractivity contribution in [1.29, 1.82) is 0 Å². The normalized spacial score (nSPS) is 12.0. The number of hydrogen-bond donors (Lipinski definition) is 1. The monoisotopic (exact) mass is 412 g/mol. The van der Waals surface area contributed by atoms with Crippen molar-refractivity contribution >= 4 is 54.6 Å². The number of hydrogen-bond acceptors (Lipinski definition) is 4. The molecular weight excluding hydrogens is 403 g/mol. The number of rotatable bonds is 4. The number of thiophene rings is 1. The molecule has 0 spiro atoms. The summed E-state index contributed by atoms with van der Waals surface area (Å²) in [6.45, 7) is 0.179. The number of nitrogens with zero attached hydrogens (tertiary/aromatic N) is 1. The summed E-state index contributed by atoms with van der Waals surface area (Å²) in [4.78, 5) is -0.208. The summed E-state index contributed by atoms with van der Waals surface area (Å²) in [7, 11) is -2.43. The van der Waals surface area contributed by atoms with Crippen molar-refractivity contribution in [1.82, 2.24) is 4.31 Å². The van der Waals surface area contributed by atoms with Gasteiger partial charge in [-0.15, -0.1) is 11.3 Å². The fourth-order valence-electron chi connectivity index (χ4n) is 1.68. The van der Waals surface area contributed by atoms with Gasteiger partial charge in [-0.1, -0.05) is 11.6 Å². The number of sulfonamides is 1. The molecule has 0 unspecified atom stereocenters. The van der Waals surface area contributed by atoms with Gasteiger partial charge in [0.05, 0.1) is 14.5 Å². The summed E-state index contributed by atoms with van der Waals surface area (Å²) in [5.41, 5.74) is 6.00. The van der Waals surface area contributed by atoms with E-state index in [4.69, 9.17) is 17.3 Å². The lowest BCUT2D eigenvalue weighted by Gasteiger charge is -2.18. The molecule has 114 valence electrons. The van der Waals surface area contributed by atoms with Crippen LogP contribution in [0.1, 0.15) is 5.56 Å². The van der Waals surface area contributed by atoms with E-state index < -0.39 is 15.8 Å². The van der Waals surface area contributed by atoms with Crippen molar-refractivity contribution in [3.63, 3.8) is 0 Å². The summed E-state index contributed by atoms with van der Waals surface area (Å²) in [6.07, 6.45) is 0. The van der Waals surface area contributed by atoms with Crippen LogP contribution < -0.4 is 5.73 Å². The van der Waals surface area contributed by atoms with Gasteiger partial charge < -0.3 is 5.73 Å². The highest BCUT2D eigenvalue weighted by Gasteiger charge is 2.25. The van der Waals surface area contributed by atoms with Crippen LogP contribution in [0.3, 0.4) is 0 Å². The van der Waals surface area contributed by atoms with E-state index in [0.29, 0.717) is 0 Å². The number of halogens is 3. The molecule has 0 aliphatic carbocycles. The lowest BCUT2D eigenvalue weighted by molar-refractivity contribution is 0.467. The summed E-state index contributed by atoms with van der Waals surface area (Å²) in [5, 5.41) is 1.65. The van der Waals surface area contributed by atoms with Gasteiger partial charge in [-0.25, -0.2) is 12.8 Å². The lowest BCUT2D eigenvalue weighted by atomic mass is 10.3. The van der Waals surface area contributed by atoms with Crippen LogP contribution in [0.2, 0.25) is 5.02 Å². The number of benzene rings is 1. The Balaban J connectivity index is 2.35. The van der Waals surface area contributed by atoms with Gasteiger partial charge in [0.15, 0.2) is 0 Å². The SMILES string of the molecule is CN(Cc1csc(Br)c1)S(=O)(=O)c1cc(N)c(F)cc1Cl. The lowest BCUT2D eigenvalue weighted by Crippen LogP contribution is -2.26. The summed E-state index contributed by atoms with van der Waals surface area (Å²) in [5.74, 6) is -0.747. The first kappa shape index (κ1) is 16.7. The van der Waals surface area contributed by atoms with Crippen LogP contribution in [-0.2, 0) is 16.6 Å². The van der Waals surface area contributed by atoms with Gasteiger partial charge in [0.25, 0.3) is 0 Å². The maximum atomic E-state index is 13.3. The van der Waals surface area contributed by atoms with Gasteiger partial charge in [0, 0.05) is 13.6 Å². The van der Waals surface area contributed by atoms with Crippen LogP contribution in [0, 0.1) is 5.82 Å². The maximum absolute atomic E-state index is 13.3. The van der Waals surface area contributed by atoms with Crippen molar-refractivity contribution in [2.75, 3.05) is 12.8 Å². The number of anilines is 1. The van der Waals surface area contributed by atoms with Gasteiger partial charge in [0.1, 0.15) is 10.7 Å². The molecule has 1 heterocycles. The average Bonchev–Trinajstić information content (AvgIpc) is 2.79. The van der Waals surface area contributed by atoms with Gasteiger partial charge in [0.2, 0.25) is 10.0 Å². The first-order valence-corrected chi connectivity index (χ1v) is 9.14. The third kappa shape index (κ3) is 3.57. The Morgan fingerprint density at radius 2 is 2.10 bits per heavy atom. The van der Waals surface area contributed by atoms with E-state index in [0.717, 1.165) is 25.8 Å². The molecule has 1 aromatic carbocycles. The molecule has 2 N–H and O–H groups in total. The standard InChI is InChI=1S/C12H11BrClFN2O2S2/c1-17(5-7-2-12(13)20-6-7)21(18,19)11-4-10(16)9(15)3-8(11)14/h2-4,6H,5,16H2,1H3. The zero-order valence-corrected chi connectivity index (χ0v) is 14.8. The molecule has 2 rings (SSSR count). The Labute approximate surface area is 139 Å². The predicted octanol–water partition coefficient (Wildman–Crippen LogP) is 3.71. The second kappa shape index (κ2) is 6.21. The second-order valence-corrected chi connectivity index (χ2v) is 9.04. The Bertz CT molecular complexity index is 780. The van der Waals surface area contributed by atoms with Crippen LogP contribution in [-0.4, -0.2) is 19.8 Å².